The molecule has 0 aliphatic carbocycles. The first-order valence-electron chi connectivity index (χ1n) is 8.64. The van der Waals surface area contributed by atoms with Gasteiger partial charge in [-0.05, 0) is 49.1 Å². The maximum absolute atomic E-state index is 4.32. The molecule has 1 atom stereocenters. The van der Waals surface area contributed by atoms with Crippen LogP contribution in [0.25, 0.3) is 5.69 Å². The minimum absolute atomic E-state index is 0.710. The molecule has 24 heavy (non-hydrogen) atoms. The van der Waals surface area contributed by atoms with E-state index in [1.807, 2.05) is 35.7 Å². The molecular weight excluding hydrogens is 298 g/mol. The number of hydrogen-bond donors (Lipinski definition) is 0. The summed E-state index contributed by atoms with van der Waals surface area (Å²) in [5.41, 5.74) is 2.48. The highest BCUT2D eigenvalue weighted by molar-refractivity contribution is 5.35. The molecule has 4 rings (SSSR count). The molecule has 1 fully saturated rings. The van der Waals surface area contributed by atoms with Crippen molar-refractivity contribution in [1.29, 1.82) is 0 Å². The van der Waals surface area contributed by atoms with Crippen LogP contribution < -0.4 is 0 Å². The lowest BCUT2D eigenvalue weighted by molar-refractivity contribution is 0.156. The van der Waals surface area contributed by atoms with Gasteiger partial charge in [0, 0.05) is 44.4 Å². The van der Waals surface area contributed by atoms with E-state index in [0.29, 0.717) is 5.92 Å². The summed E-state index contributed by atoms with van der Waals surface area (Å²) in [6.07, 6.45) is 12.2. The minimum atomic E-state index is 0.710. The first kappa shape index (κ1) is 15.1. The van der Waals surface area contributed by atoms with Gasteiger partial charge in [-0.15, -0.1) is 0 Å². The number of nitrogens with zero attached hydrogens (tertiary/aromatic N) is 5. The SMILES string of the molecule is c1cc(CN2CCC[C@@H](Cn3ccnc3)C2)cc(-n2cccn2)c1. The Bertz CT molecular complexity index is 748. The summed E-state index contributed by atoms with van der Waals surface area (Å²) in [5.74, 6) is 0.710. The Morgan fingerprint density at radius 3 is 2.96 bits per heavy atom. The van der Waals surface area contributed by atoms with E-state index in [0.717, 1.165) is 25.3 Å². The number of aromatic nitrogens is 4. The lowest BCUT2D eigenvalue weighted by Gasteiger charge is -2.33. The van der Waals surface area contributed by atoms with Gasteiger partial charge in [0.05, 0.1) is 12.0 Å². The van der Waals surface area contributed by atoms with Crippen LogP contribution in [0.15, 0.2) is 61.4 Å². The van der Waals surface area contributed by atoms with Gasteiger partial charge in [0.15, 0.2) is 0 Å². The molecule has 0 N–H and O–H groups in total. The Hall–Kier alpha value is -2.40. The van der Waals surface area contributed by atoms with Crippen LogP contribution in [0.4, 0.5) is 0 Å². The van der Waals surface area contributed by atoms with Crippen molar-refractivity contribution < 1.29 is 0 Å². The van der Waals surface area contributed by atoms with E-state index in [1.165, 1.54) is 24.9 Å². The molecule has 1 aliphatic rings. The second-order valence-corrected chi connectivity index (χ2v) is 6.62. The third-order valence-electron chi connectivity index (χ3n) is 4.72. The summed E-state index contributed by atoms with van der Waals surface area (Å²) in [4.78, 5) is 6.73. The molecule has 5 nitrogen and oxygen atoms in total. The largest absolute Gasteiger partial charge is 0.337 e. The fraction of sp³-hybridized carbons (Fsp3) is 0.368. The highest BCUT2D eigenvalue weighted by Gasteiger charge is 2.20. The standard InChI is InChI=1S/C19H23N5/c1-4-17(12-19(6-1)24-10-3-7-21-24)13-22-9-2-5-18(14-22)15-23-11-8-20-16-23/h1,3-4,6-8,10-12,16,18H,2,5,9,13-15H2/t18-/m1/s1. The van der Waals surface area contributed by atoms with Crippen LogP contribution in [0.1, 0.15) is 18.4 Å². The van der Waals surface area contributed by atoms with Crippen molar-refractivity contribution in [2.45, 2.75) is 25.9 Å². The predicted molar refractivity (Wildman–Crippen MR) is 93.8 cm³/mol. The monoisotopic (exact) mass is 321 g/mol. The second-order valence-electron chi connectivity index (χ2n) is 6.62. The Morgan fingerprint density at radius 2 is 2.12 bits per heavy atom. The zero-order valence-corrected chi connectivity index (χ0v) is 13.8. The van der Waals surface area contributed by atoms with Crippen molar-refractivity contribution in [1.82, 2.24) is 24.2 Å². The second kappa shape index (κ2) is 7.01. The zero-order valence-electron chi connectivity index (χ0n) is 13.8. The van der Waals surface area contributed by atoms with E-state index < -0.39 is 0 Å². The number of piperidine rings is 1. The summed E-state index contributed by atoms with van der Waals surface area (Å²) >= 11 is 0. The maximum Gasteiger partial charge on any atom is 0.0946 e. The normalized spacial score (nSPS) is 18.8. The minimum Gasteiger partial charge on any atom is -0.337 e. The summed E-state index contributed by atoms with van der Waals surface area (Å²) < 4.78 is 4.12. The molecule has 1 saturated heterocycles. The first-order chi connectivity index (χ1) is 11.9. The average Bonchev–Trinajstić information content (AvgIpc) is 3.29. The molecule has 0 amide bonds. The molecule has 3 aromatic rings. The van der Waals surface area contributed by atoms with Crippen molar-refractivity contribution in [2.75, 3.05) is 13.1 Å². The highest BCUT2D eigenvalue weighted by atomic mass is 15.3. The third-order valence-corrected chi connectivity index (χ3v) is 4.72. The Morgan fingerprint density at radius 1 is 1.12 bits per heavy atom. The molecule has 0 unspecified atom stereocenters. The Kier molecular flexibility index (Phi) is 4.42. The topological polar surface area (TPSA) is 38.9 Å². The molecule has 0 bridgehead atoms. The Labute approximate surface area is 142 Å². The number of rotatable bonds is 5. The lowest BCUT2D eigenvalue weighted by Crippen LogP contribution is -2.36. The van der Waals surface area contributed by atoms with Crippen LogP contribution in [0.5, 0.6) is 0 Å². The summed E-state index contributed by atoms with van der Waals surface area (Å²) in [6.45, 7) is 4.43. The fourth-order valence-electron chi connectivity index (χ4n) is 3.61. The van der Waals surface area contributed by atoms with Gasteiger partial charge < -0.3 is 4.57 Å². The first-order valence-corrected chi connectivity index (χ1v) is 8.64. The van der Waals surface area contributed by atoms with Crippen molar-refractivity contribution in [3.05, 3.63) is 67.0 Å². The van der Waals surface area contributed by atoms with Gasteiger partial charge in [-0.1, -0.05) is 12.1 Å². The molecular formula is C19H23N5. The molecule has 1 aromatic carbocycles. The van der Waals surface area contributed by atoms with Gasteiger partial charge in [0.25, 0.3) is 0 Å². The maximum atomic E-state index is 4.32. The third kappa shape index (κ3) is 3.57. The zero-order chi connectivity index (χ0) is 16.2. The lowest BCUT2D eigenvalue weighted by atomic mass is 9.97. The highest BCUT2D eigenvalue weighted by Crippen LogP contribution is 2.21. The molecule has 124 valence electrons. The van der Waals surface area contributed by atoms with Crippen LogP contribution >= 0.6 is 0 Å². The molecule has 0 saturated carbocycles. The van der Waals surface area contributed by atoms with Gasteiger partial charge in [-0.3, -0.25) is 4.90 Å². The van der Waals surface area contributed by atoms with Gasteiger partial charge in [0.1, 0.15) is 0 Å². The van der Waals surface area contributed by atoms with Crippen LogP contribution in [-0.4, -0.2) is 37.3 Å². The molecule has 3 heterocycles. The molecule has 1 aliphatic heterocycles. The van der Waals surface area contributed by atoms with Gasteiger partial charge in [-0.2, -0.15) is 5.10 Å². The van der Waals surface area contributed by atoms with E-state index in [1.54, 1.807) is 0 Å². The average molecular weight is 321 g/mol. The molecule has 0 spiro atoms. The summed E-state index contributed by atoms with van der Waals surface area (Å²) in [5, 5.41) is 4.32. The number of benzene rings is 1. The Balaban J connectivity index is 1.40. The van der Waals surface area contributed by atoms with E-state index in [4.69, 9.17) is 0 Å². The molecule has 0 radical (unpaired) electrons. The van der Waals surface area contributed by atoms with E-state index in [-0.39, 0.29) is 0 Å². The molecule has 2 aromatic heterocycles. The van der Waals surface area contributed by atoms with Crippen molar-refractivity contribution in [3.8, 4) is 5.69 Å². The number of hydrogen-bond acceptors (Lipinski definition) is 3. The smallest absolute Gasteiger partial charge is 0.0946 e. The van der Waals surface area contributed by atoms with Crippen molar-refractivity contribution in [2.24, 2.45) is 5.92 Å². The fourth-order valence-corrected chi connectivity index (χ4v) is 3.61. The van der Waals surface area contributed by atoms with Crippen LogP contribution in [0.3, 0.4) is 0 Å². The van der Waals surface area contributed by atoms with Crippen molar-refractivity contribution >= 4 is 0 Å². The van der Waals surface area contributed by atoms with E-state index >= 15 is 0 Å². The number of imidazole rings is 1. The quantitative estimate of drug-likeness (QED) is 0.725. The van der Waals surface area contributed by atoms with Crippen LogP contribution in [0.2, 0.25) is 0 Å². The predicted octanol–water partition coefficient (Wildman–Crippen LogP) is 2.98. The summed E-state index contributed by atoms with van der Waals surface area (Å²) in [7, 11) is 0. The van der Waals surface area contributed by atoms with E-state index in [2.05, 4.69) is 50.0 Å². The van der Waals surface area contributed by atoms with Crippen molar-refractivity contribution in [3.63, 3.8) is 0 Å². The van der Waals surface area contributed by atoms with E-state index in [9.17, 15) is 0 Å². The van der Waals surface area contributed by atoms with Crippen LogP contribution in [0, 0.1) is 5.92 Å². The van der Waals surface area contributed by atoms with Gasteiger partial charge in [-0.25, -0.2) is 9.67 Å². The molecule has 5 heteroatoms. The summed E-state index contributed by atoms with van der Waals surface area (Å²) in [6, 6.07) is 10.6. The van der Waals surface area contributed by atoms with Crippen LogP contribution in [-0.2, 0) is 13.1 Å². The number of likely N-dealkylation sites (tertiary alicyclic amines) is 1. The van der Waals surface area contributed by atoms with Gasteiger partial charge >= 0.3 is 0 Å². The van der Waals surface area contributed by atoms with Gasteiger partial charge in [0.2, 0.25) is 0 Å².